The number of nitrogens with zero attached hydrogens (tertiary/aromatic N) is 2. The highest BCUT2D eigenvalue weighted by Gasteiger charge is 2.30. The van der Waals surface area contributed by atoms with Crippen LogP contribution in [0.25, 0.3) is 22.6 Å². The van der Waals surface area contributed by atoms with Crippen LogP contribution in [0.5, 0.6) is 0 Å². The smallest absolute Gasteiger partial charge is 0.407 e. The number of alkyl carbamates (subject to hydrolysis) is 1. The van der Waals surface area contributed by atoms with E-state index in [9.17, 15) is 4.79 Å². The van der Waals surface area contributed by atoms with Gasteiger partial charge in [-0.25, -0.2) is 9.78 Å². The topological polar surface area (TPSA) is 79.6 Å². The van der Waals surface area contributed by atoms with Crippen LogP contribution >= 0.6 is 0 Å². The molecule has 0 spiro atoms. The van der Waals surface area contributed by atoms with E-state index in [1.54, 1.807) is 0 Å². The number of carbonyl (C=O) groups is 1. The Kier molecular flexibility index (Phi) is 7.77. The van der Waals surface area contributed by atoms with Gasteiger partial charge >= 0.3 is 6.09 Å². The molecule has 0 radical (unpaired) electrons. The van der Waals surface area contributed by atoms with Crippen molar-refractivity contribution < 1.29 is 13.9 Å². The third-order valence-corrected chi connectivity index (χ3v) is 7.93. The number of hydrogen-bond donors (Lipinski definition) is 2. The van der Waals surface area contributed by atoms with Gasteiger partial charge in [0.25, 0.3) is 0 Å². The predicted octanol–water partition coefficient (Wildman–Crippen LogP) is 6.29. The molecule has 4 aromatic rings. The largest absolute Gasteiger partial charge is 0.445 e. The molecule has 3 aromatic carbocycles. The Morgan fingerprint density at radius 2 is 1.67 bits per heavy atom. The average Bonchev–Trinajstić information content (AvgIpc) is 3.43. The fraction of sp³-hybridized carbons (Fsp3) is 0.375. The lowest BCUT2D eigenvalue weighted by Crippen LogP contribution is -2.57. The van der Waals surface area contributed by atoms with Gasteiger partial charge in [-0.1, -0.05) is 55.3 Å². The maximum Gasteiger partial charge on any atom is 0.407 e. The van der Waals surface area contributed by atoms with Gasteiger partial charge in [-0.05, 0) is 67.6 Å². The number of amides is 1. The summed E-state index contributed by atoms with van der Waals surface area (Å²) in [6, 6.07) is 26.9. The number of benzene rings is 3. The zero-order valence-electron chi connectivity index (χ0n) is 22.2. The van der Waals surface area contributed by atoms with Gasteiger partial charge in [-0.2, -0.15) is 0 Å². The van der Waals surface area contributed by atoms with E-state index in [0.29, 0.717) is 18.5 Å². The van der Waals surface area contributed by atoms with Crippen molar-refractivity contribution in [1.82, 2.24) is 15.6 Å². The van der Waals surface area contributed by atoms with E-state index in [1.165, 1.54) is 12.1 Å². The van der Waals surface area contributed by atoms with E-state index >= 15 is 0 Å². The Bertz CT molecular complexity index is 1340. The Labute approximate surface area is 229 Å². The van der Waals surface area contributed by atoms with Gasteiger partial charge in [0.05, 0.1) is 0 Å². The van der Waals surface area contributed by atoms with Crippen molar-refractivity contribution >= 4 is 22.9 Å². The minimum absolute atomic E-state index is 0.0907. The zero-order valence-corrected chi connectivity index (χ0v) is 22.2. The minimum Gasteiger partial charge on any atom is -0.445 e. The molecular weight excluding hydrogens is 488 g/mol. The number of carbonyl (C=O) groups excluding carboxylic acids is 1. The second-order valence-electron chi connectivity index (χ2n) is 10.7. The molecule has 1 aliphatic heterocycles. The van der Waals surface area contributed by atoms with Crippen LogP contribution in [-0.2, 0) is 11.3 Å². The molecule has 3 atom stereocenters. The fourth-order valence-electron chi connectivity index (χ4n) is 5.88. The van der Waals surface area contributed by atoms with Crippen LogP contribution in [0.1, 0.15) is 44.1 Å². The summed E-state index contributed by atoms with van der Waals surface area (Å²) in [7, 11) is 0. The molecule has 39 heavy (non-hydrogen) atoms. The Hall–Kier alpha value is -3.84. The number of fused-ring (bicyclic) bond motifs is 1. The number of anilines is 1. The molecule has 2 N–H and O–H groups in total. The molecular formula is C32H36N4O3. The number of rotatable bonds is 7. The third kappa shape index (κ3) is 6.25. The van der Waals surface area contributed by atoms with Crippen molar-refractivity contribution in [3.8, 4) is 11.5 Å². The Morgan fingerprint density at radius 3 is 2.49 bits per heavy atom. The molecule has 202 valence electrons. The predicted molar refractivity (Wildman–Crippen MR) is 154 cm³/mol. The van der Waals surface area contributed by atoms with E-state index in [1.807, 2.05) is 54.6 Å². The van der Waals surface area contributed by atoms with Crippen LogP contribution in [0, 0.1) is 0 Å². The first kappa shape index (κ1) is 25.4. The molecule has 1 aliphatic carbocycles. The van der Waals surface area contributed by atoms with Gasteiger partial charge < -0.3 is 24.7 Å². The van der Waals surface area contributed by atoms with Crippen molar-refractivity contribution in [1.29, 1.82) is 0 Å². The third-order valence-electron chi connectivity index (χ3n) is 7.93. The number of piperidine rings is 1. The van der Waals surface area contributed by atoms with Crippen molar-refractivity contribution in [3.63, 3.8) is 0 Å². The molecule has 2 aliphatic rings. The van der Waals surface area contributed by atoms with Crippen molar-refractivity contribution in [2.75, 3.05) is 18.0 Å². The van der Waals surface area contributed by atoms with E-state index < -0.39 is 0 Å². The van der Waals surface area contributed by atoms with Gasteiger partial charge in [0, 0.05) is 42.5 Å². The lowest BCUT2D eigenvalue weighted by molar-refractivity contribution is 0.128. The molecule has 1 amide bonds. The van der Waals surface area contributed by atoms with Crippen molar-refractivity contribution in [2.24, 2.45) is 0 Å². The Morgan fingerprint density at radius 1 is 0.897 bits per heavy atom. The minimum atomic E-state index is -0.332. The summed E-state index contributed by atoms with van der Waals surface area (Å²) < 4.78 is 11.4. The first-order valence-corrected chi connectivity index (χ1v) is 14.2. The highest BCUT2D eigenvalue weighted by atomic mass is 16.5. The summed E-state index contributed by atoms with van der Waals surface area (Å²) in [5, 5.41) is 7.05. The van der Waals surface area contributed by atoms with E-state index in [2.05, 4.69) is 44.8 Å². The number of para-hydroxylation sites is 2. The number of hydrogen-bond acceptors (Lipinski definition) is 6. The molecule has 7 nitrogen and oxygen atoms in total. The standard InChI is InChI=1S/C32H36N4O3/c37-32(38-22-23-9-2-1-3-10-23)35-28-13-5-4-12-27(28)33-25-11-8-20-36(21-25)26-18-16-24(17-19-26)31-34-29-14-6-7-15-30(29)39-31/h1-3,6-7,9-10,14-19,25,27-28,33H,4-5,8,11-13,20-22H2,(H,35,37). The number of nitrogens with one attached hydrogen (secondary N) is 2. The van der Waals surface area contributed by atoms with Crippen molar-refractivity contribution in [3.05, 3.63) is 84.4 Å². The van der Waals surface area contributed by atoms with E-state index in [0.717, 1.165) is 67.4 Å². The van der Waals surface area contributed by atoms with Crippen LogP contribution in [0.3, 0.4) is 0 Å². The summed E-state index contributed by atoms with van der Waals surface area (Å²) >= 11 is 0. The second kappa shape index (κ2) is 11.9. The van der Waals surface area contributed by atoms with E-state index in [-0.39, 0.29) is 18.2 Å². The highest BCUT2D eigenvalue weighted by Crippen LogP contribution is 2.28. The van der Waals surface area contributed by atoms with Crippen LogP contribution in [0.15, 0.2) is 83.3 Å². The van der Waals surface area contributed by atoms with Gasteiger partial charge in [0.15, 0.2) is 5.58 Å². The maximum absolute atomic E-state index is 12.6. The average molecular weight is 525 g/mol. The van der Waals surface area contributed by atoms with Gasteiger partial charge in [0.2, 0.25) is 5.89 Å². The number of ether oxygens (including phenoxy) is 1. The van der Waals surface area contributed by atoms with Crippen LogP contribution in [-0.4, -0.2) is 42.3 Å². The van der Waals surface area contributed by atoms with Gasteiger partial charge in [0.1, 0.15) is 12.1 Å². The van der Waals surface area contributed by atoms with E-state index in [4.69, 9.17) is 9.15 Å². The van der Waals surface area contributed by atoms with Crippen molar-refractivity contribution in [2.45, 2.75) is 63.3 Å². The fourth-order valence-corrected chi connectivity index (χ4v) is 5.88. The monoisotopic (exact) mass is 524 g/mol. The summed E-state index contributed by atoms with van der Waals surface area (Å²) in [6.07, 6.45) is 6.30. The molecule has 1 saturated heterocycles. The van der Waals surface area contributed by atoms with Gasteiger partial charge in [-0.15, -0.1) is 0 Å². The maximum atomic E-state index is 12.6. The first-order valence-electron chi connectivity index (χ1n) is 14.2. The molecule has 0 bridgehead atoms. The van der Waals surface area contributed by atoms with Crippen LogP contribution in [0.4, 0.5) is 10.5 Å². The molecule has 2 heterocycles. The lowest BCUT2D eigenvalue weighted by Gasteiger charge is -2.40. The first-order chi connectivity index (χ1) is 19.2. The second-order valence-corrected chi connectivity index (χ2v) is 10.7. The molecule has 3 unspecified atom stereocenters. The van der Waals surface area contributed by atoms with Gasteiger partial charge in [-0.3, -0.25) is 0 Å². The zero-order chi connectivity index (χ0) is 26.4. The molecule has 6 rings (SSSR count). The lowest BCUT2D eigenvalue weighted by atomic mass is 9.89. The number of aromatic nitrogens is 1. The molecule has 2 fully saturated rings. The summed E-state index contributed by atoms with van der Waals surface area (Å²) in [5.74, 6) is 0.652. The molecule has 1 saturated carbocycles. The normalized spacial score (nSPS) is 21.5. The molecule has 1 aromatic heterocycles. The highest BCUT2D eigenvalue weighted by molar-refractivity contribution is 5.76. The summed E-state index contributed by atoms with van der Waals surface area (Å²) in [4.78, 5) is 19.6. The Balaban J connectivity index is 1.04. The SMILES string of the molecule is O=C(NC1CCCCC1NC1CCCN(c2ccc(-c3nc4ccccc4o3)cc2)C1)OCc1ccccc1. The van der Waals surface area contributed by atoms with Crippen LogP contribution < -0.4 is 15.5 Å². The summed E-state index contributed by atoms with van der Waals surface area (Å²) in [5.41, 5.74) is 4.87. The van der Waals surface area contributed by atoms with Crippen LogP contribution in [0.2, 0.25) is 0 Å². The quantitative estimate of drug-likeness (QED) is 0.296. The number of oxazole rings is 1. The summed E-state index contributed by atoms with van der Waals surface area (Å²) in [6.45, 7) is 2.28. The molecule has 7 heteroatoms.